The lowest BCUT2D eigenvalue weighted by molar-refractivity contribution is 0.370. The van der Waals surface area contributed by atoms with Crippen LogP contribution in [-0.2, 0) is 0 Å². The maximum absolute atomic E-state index is 2.26. The van der Waals surface area contributed by atoms with Crippen LogP contribution in [0.2, 0.25) is 0 Å². The Labute approximate surface area is 102 Å². The Morgan fingerprint density at radius 1 is 0.571 bits per heavy atom. The molecule has 0 rings (SSSR count). The molecule has 0 fully saturated rings. The van der Waals surface area contributed by atoms with E-state index < -0.39 is 0 Å². The predicted molar refractivity (Wildman–Crippen MR) is 70.1 cm³/mol. The summed E-state index contributed by atoms with van der Waals surface area (Å²) in [5.41, 5.74) is 0. The van der Waals surface area contributed by atoms with Crippen LogP contribution in [0.25, 0.3) is 0 Å². The SMILES string of the molecule is CN(C)CCCCCCN(C)C.Cl.Cl. The third kappa shape index (κ3) is 18.3. The number of unbranched alkanes of at least 4 members (excludes halogenated alkanes) is 3. The number of halogens is 2. The zero-order valence-electron chi connectivity index (χ0n) is 9.95. The number of nitrogens with zero attached hydrogens (tertiary/aromatic N) is 2. The van der Waals surface area contributed by atoms with E-state index in [1.165, 1.54) is 38.8 Å². The first-order valence-corrected chi connectivity index (χ1v) is 4.92. The molecule has 0 amide bonds. The first-order chi connectivity index (χ1) is 5.63. The number of hydrogen-bond donors (Lipinski definition) is 0. The average molecular weight is 245 g/mol. The molecule has 0 atom stereocenters. The van der Waals surface area contributed by atoms with Crippen molar-refractivity contribution in [1.29, 1.82) is 0 Å². The molecule has 0 heterocycles. The summed E-state index contributed by atoms with van der Waals surface area (Å²) in [5, 5.41) is 0. The van der Waals surface area contributed by atoms with Crippen molar-refractivity contribution in [1.82, 2.24) is 9.80 Å². The second kappa shape index (κ2) is 13.5. The fourth-order valence-corrected chi connectivity index (χ4v) is 1.21. The third-order valence-corrected chi connectivity index (χ3v) is 1.96. The summed E-state index contributed by atoms with van der Waals surface area (Å²) in [6.07, 6.45) is 5.46. The molecule has 0 aliphatic heterocycles. The molecule has 0 unspecified atom stereocenters. The standard InChI is InChI=1S/C10H24N2.2ClH/c1-11(2)9-7-5-6-8-10-12(3)4;;/h5-10H2,1-4H3;2*1H. The molecule has 4 heteroatoms. The zero-order valence-corrected chi connectivity index (χ0v) is 11.6. The van der Waals surface area contributed by atoms with E-state index in [9.17, 15) is 0 Å². The second-order valence-corrected chi connectivity index (χ2v) is 4.02. The van der Waals surface area contributed by atoms with Gasteiger partial charge in [-0.3, -0.25) is 0 Å². The highest BCUT2D eigenvalue weighted by Gasteiger charge is 1.92. The van der Waals surface area contributed by atoms with E-state index in [0.717, 1.165) is 0 Å². The molecule has 14 heavy (non-hydrogen) atoms. The van der Waals surface area contributed by atoms with E-state index >= 15 is 0 Å². The van der Waals surface area contributed by atoms with E-state index in [1.54, 1.807) is 0 Å². The Balaban J connectivity index is -0.000000605. The Bertz CT molecular complexity index is 86.1. The summed E-state index contributed by atoms with van der Waals surface area (Å²) in [6.45, 7) is 2.48. The predicted octanol–water partition coefficient (Wildman–Crippen LogP) is 2.51. The smallest absolute Gasteiger partial charge is 0.00248 e. The molecule has 90 valence electrons. The van der Waals surface area contributed by atoms with Gasteiger partial charge in [-0.05, 0) is 54.1 Å². The minimum atomic E-state index is 0. The van der Waals surface area contributed by atoms with Gasteiger partial charge in [-0.2, -0.15) is 0 Å². The molecule has 0 aromatic carbocycles. The van der Waals surface area contributed by atoms with Gasteiger partial charge >= 0.3 is 0 Å². The van der Waals surface area contributed by atoms with E-state index in [1.807, 2.05) is 0 Å². The fraction of sp³-hybridized carbons (Fsp3) is 1.00. The molecule has 0 radical (unpaired) electrons. The molecule has 0 aliphatic rings. The second-order valence-electron chi connectivity index (χ2n) is 4.02. The van der Waals surface area contributed by atoms with Crippen LogP contribution >= 0.6 is 24.8 Å². The largest absolute Gasteiger partial charge is 0.309 e. The number of rotatable bonds is 7. The Kier molecular flexibility index (Phi) is 19.3. The van der Waals surface area contributed by atoms with Gasteiger partial charge in [-0.15, -0.1) is 24.8 Å². The molecule has 0 N–H and O–H groups in total. The minimum Gasteiger partial charge on any atom is -0.309 e. The topological polar surface area (TPSA) is 6.48 Å². The summed E-state index contributed by atoms with van der Waals surface area (Å²) in [5.74, 6) is 0. The van der Waals surface area contributed by atoms with Crippen molar-refractivity contribution in [3.8, 4) is 0 Å². The summed E-state index contributed by atoms with van der Waals surface area (Å²) in [7, 11) is 8.55. The van der Waals surface area contributed by atoms with Crippen LogP contribution in [0.15, 0.2) is 0 Å². The zero-order chi connectivity index (χ0) is 9.40. The lowest BCUT2D eigenvalue weighted by Gasteiger charge is -2.10. The Morgan fingerprint density at radius 2 is 0.857 bits per heavy atom. The van der Waals surface area contributed by atoms with Crippen LogP contribution in [0.3, 0.4) is 0 Å². The average Bonchev–Trinajstić information content (AvgIpc) is 1.95. The molecular weight excluding hydrogens is 219 g/mol. The molecule has 0 saturated carbocycles. The molecule has 0 spiro atoms. The lowest BCUT2D eigenvalue weighted by atomic mass is 10.2. The highest BCUT2D eigenvalue weighted by Crippen LogP contribution is 2.00. The van der Waals surface area contributed by atoms with Crippen molar-refractivity contribution in [2.75, 3.05) is 41.3 Å². The van der Waals surface area contributed by atoms with Gasteiger partial charge in [0.15, 0.2) is 0 Å². The minimum absolute atomic E-state index is 0. The third-order valence-electron chi connectivity index (χ3n) is 1.96. The van der Waals surface area contributed by atoms with Crippen LogP contribution in [0.5, 0.6) is 0 Å². The van der Waals surface area contributed by atoms with Gasteiger partial charge in [0, 0.05) is 0 Å². The van der Waals surface area contributed by atoms with Crippen molar-refractivity contribution in [2.24, 2.45) is 0 Å². The number of hydrogen-bond acceptors (Lipinski definition) is 2. The molecule has 0 aromatic heterocycles. The monoisotopic (exact) mass is 244 g/mol. The van der Waals surface area contributed by atoms with Crippen LogP contribution in [0, 0.1) is 0 Å². The van der Waals surface area contributed by atoms with Crippen molar-refractivity contribution in [3.63, 3.8) is 0 Å². The molecule has 0 aliphatic carbocycles. The van der Waals surface area contributed by atoms with Crippen molar-refractivity contribution < 1.29 is 0 Å². The summed E-state index contributed by atoms with van der Waals surface area (Å²) >= 11 is 0. The first kappa shape index (κ1) is 20.0. The van der Waals surface area contributed by atoms with Gasteiger partial charge in [0.05, 0.1) is 0 Å². The summed E-state index contributed by atoms with van der Waals surface area (Å²) in [6, 6.07) is 0. The van der Waals surface area contributed by atoms with E-state index in [0.29, 0.717) is 0 Å². The van der Waals surface area contributed by atoms with Gasteiger partial charge in [0.25, 0.3) is 0 Å². The van der Waals surface area contributed by atoms with Gasteiger partial charge in [0.1, 0.15) is 0 Å². The van der Waals surface area contributed by atoms with E-state index in [-0.39, 0.29) is 24.8 Å². The summed E-state index contributed by atoms with van der Waals surface area (Å²) < 4.78 is 0. The molecular formula is C10H26Cl2N2. The molecule has 0 saturated heterocycles. The van der Waals surface area contributed by atoms with Crippen LogP contribution in [0.4, 0.5) is 0 Å². The van der Waals surface area contributed by atoms with Gasteiger partial charge < -0.3 is 9.80 Å². The highest BCUT2D eigenvalue weighted by atomic mass is 35.5. The highest BCUT2D eigenvalue weighted by molar-refractivity contribution is 5.85. The molecule has 0 aromatic rings. The summed E-state index contributed by atoms with van der Waals surface area (Å²) in [4.78, 5) is 4.51. The van der Waals surface area contributed by atoms with Crippen LogP contribution < -0.4 is 0 Å². The van der Waals surface area contributed by atoms with Gasteiger partial charge in [-0.1, -0.05) is 12.8 Å². The van der Waals surface area contributed by atoms with Crippen LogP contribution in [0.1, 0.15) is 25.7 Å². The Hall–Kier alpha value is 0.500. The lowest BCUT2D eigenvalue weighted by Crippen LogP contribution is -2.14. The van der Waals surface area contributed by atoms with Crippen molar-refractivity contribution in [2.45, 2.75) is 25.7 Å². The van der Waals surface area contributed by atoms with Gasteiger partial charge in [-0.25, -0.2) is 0 Å². The van der Waals surface area contributed by atoms with Gasteiger partial charge in [0.2, 0.25) is 0 Å². The molecule has 2 nitrogen and oxygen atoms in total. The quantitative estimate of drug-likeness (QED) is 0.636. The van der Waals surface area contributed by atoms with Crippen molar-refractivity contribution in [3.05, 3.63) is 0 Å². The maximum atomic E-state index is 2.26. The maximum Gasteiger partial charge on any atom is -0.00248 e. The Morgan fingerprint density at radius 3 is 1.07 bits per heavy atom. The molecule has 0 bridgehead atoms. The fourth-order valence-electron chi connectivity index (χ4n) is 1.21. The van der Waals surface area contributed by atoms with E-state index in [4.69, 9.17) is 0 Å². The normalized spacial score (nSPS) is 9.86. The van der Waals surface area contributed by atoms with Crippen molar-refractivity contribution >= 4 is 24.8 Å². The first-order valence-electron chi connectivity index (χ1n) is 4.92. The van der Waals surface area contributed by atoms with E-state index in [2.05, 4.69) is 38.0 Å². The van der Waals surface area contributed by atoms with Crippen LogP contribution in [-0.4, -0.2) is 51.1 Å².